The van der Waals surface area contributed by atoms with Gasteiger partial charge < -0.3 is 10.5 Å². The number of hydrogen-bond acceptors (Lipinski definition) is 5. The van der Waals surface area contributed by atoms with Gasteiger partial charge in [0.15, 0.2) is 0 Å². The minimum atomic E-state index is -0.264. The second-order valence-electron chi connectivity index (χ2n) is 1.53. The maximum atomic E-state index is 10.6. The lowest BCUT2D eigenvalue weighted by molar-refractivity contribution is -0.141. The number of carbonyl (C=O) groups excluding carboxylic acids is 1. The Kier molecular flexibility index (Phi) is 21.0. The van der Waals surface area contributed by atoms with Crippen molar-refractivity contribution in [1.29, 1.82) is 0 Å². The molecule has 0 aliphatic rings. The van der Waals surface area contributed by atoms with Gasteiger partial charge in [0.2, 0.25) is 0 Å². The Morgan fingerprint density at radius 2 is 2.17 bits per heavy atom. The summed E-state index contributed by atoms with van der Waals surface area (Å²) in [4.78, 5) is 10.6. The molecule has 0 aromatic heterocycles. The lowest BCUT2D eigenvalue weighted by Gasteiger charge is -2.01. The minimum Gasteiger partial charge on any atom is -0.463 e. The lowest BCUT2D eigenvalue weighted by Crippen LogP contribution is -2.21. The molecule has 4 nitrogen and oxygen atoms in total. The second kappa shape index (κ2) is 13.9. The van der Waals surface area contributed by atoms with Gasteiger partial charge in [0.25, 0.3) is 0 Å². The van der Waals surface area contributed by atoms with E-state index in [1.54, 1.807) is 0 Å². The van der Waals surface area contributed by atoms with Crippen LogP contribution in [0, 0.1) is 0 Å². The summed E-state index contributed by atoms with van der Waals surface area (Å²) in [5.74, 6) is -0.264. The van der Waals surface area contributed by atoms with Gasteiger partial charge in [-0.2, -0.15) is 0 Å². The van der Waals surface area contributed by atoms with Crippen molar-refractivity contribution in [3.63, 3.8) is 0 Å². The van der Waals surface area contributed by atoms with Crippen LogP contribution in [0.15, 0.2) is 0 Å². The lowest BCUT2D eigenvalue weighted by atomic mass is 10.6. The van der Waals surface area contributed by atoms with Crippen LogP contribution >= 0.6 is 36.8 Å². The Bertz CT molecular complexity index is 97.4. The average molecular weight is 237 g/mol. The molecule has 0 saturated carbocycles. The standard InChI is InChI=1S/C5H12N2O2S.2ClH/c1-10-7-4-5(8)9-3-2-6;;/h7H,2-4,6H2,1H3;2*1H. The second-order valence-corrected chi connectivity index (χ2v) is 2.23. The number of nitrogens with two attached hydrogens (primary N) is 1. The summed E-state index contributed by atoms with van der Waals surface area (Å²) in [6.07, 6.45) is 1.84. The van der Waals surface area contributed by atoms with Crippen LogP contribution in [0.3, 0.4) is 0 Å². The van der Waals surface area contributed by atoms with Crippen LogP contribution in [0.5, 0.6) is 0 Å². The first-order chi connectivity index (χ1) is 4.81. The van der Waals surface area contributed by atoms with Gasteiger partial charge in [-0.25, -0.2) is 0 Å². The molecular formula is C5H14Cl2N2O2S. The molecule has 0 aromatic carbocycles. The van der Waals surface area contributed by atoms with Crippen molar-refractivity contribution >= 4 is 42.7 Å². The Labute approximate surface area is 88.9 Å². The van der Waals surface area contributed by atoms with Gasteiger partial charge in [-0.3, -0.25) is 9.52 Å². The number of nitrogens with one attached hydrogen (secondary N) is 1. The molecule has 0 aliphatic heterocycles. The molecular weight excluding hydrogens is 223 g/mol. The van der Waals surface area contributed by atoms with Gasteiger partial charge in [0.1, 0.15) is 13.2 Å². The Morgan fingerprint density at radius 3 is 2.58 bits per heavy atom. The van der Waals surface area contributed by atoms with E-state index in [-0.39, 0.29) is 37.3 Å². The van der Waals surface area contributed by atoms with Crippen LogP contribution in [-0.2, 0) is 9.53 Å². The topological polar surface area (TPSA) is 64.3 Å². The molecule has 0 fully saturated rings. The molecule has 0 aliphatic carbocycles. The zero-order chi connectivity index (χ0) is 7.82. The van der Waals surface area contributed by atoms with Crippen LogP contribution in [0.25, 0.3) is 0 Å². The summed E-state index contributed by atoms with van der Waals surface area (Å²) >= 11 is 1.38. The van der Waals surface area contributed by atoms with Gasteiger partial charge >= 0.3 is 5.97 Å². The smallest absolute Gasteiger partial charge is 0.320 e. The van der Waals surface area contributed by atoms with Crippen molar-refractivity contribution in [3.05, 3.63) is 0 Å². The highest BCUT2D eigenvalue weighted by Crippen LogP contribution is 1.81. The number of halogens is 2. The van der Waals surface area contributed by atoms with E-state index in [1.807, 2.05) is 6.26 Å². The van der Waals surface area contributed by atoms with Crippen molar-refractivity contribution < 1.29 is 9.53 Å². The molecule has 0 saturated heterocycles. The quantitative estimate of drug-likeness (QED) is 0.528. The van der Waals surface area contributed by atoms with Gasteiger partial charge in [-0.05, 0) is 6.26 Å². The van der Waals surface area contributed by atoms with Crippen molar-refractivity contribution in [2.24, 2.45) is 5.73 Å². The van der Waals surface area contributed by atoms with Crippen LogP contribution < -0.4 is 10.5 Å². The Hall–Kier alpha value is 0.320. The Morgan fingerprint density at radius 1 is 1.58 bits per heavy atom. The third-order valence-corrected chi connectivity index (χ3v) is 1.17. The number of ether oxygens (including phenoxy) is 1. The number of carbonyl (C=O) groups is 1. The highest BCUT2D eigenvalue weighted by atomic mass is 35.5. The minimum absolute atomic E-state index is 0. The molecule has 0 radical (unpaired) electrons. The van der Waals surface area contributed by atoms with Crippen LogP contribution in [0.1, 0.15) is 0 Å². The largest absolute Gasteiger partial charge is 0.463 e. The number of rotatable bonds is 5. The fourth-order valence-electron chi connectivity index (χ4n) is 0.355. The molecule has 0 rings (SSSR count). The zero-order valence-electron chi connectivity index (χ0n) is 6.74. The van der Waals surface area contributed by atoms with E-state index in [9.17, 15) is 4.79 Å². The summed E-state index contributed by atoms with van der Waals surface area (Å²) in [6.45, 7) is 0.918. The molecule has 0 bridgehead atoms. The number of hydrogen-bond donors (Lipinski definition) is 2. The average Bonchev–Trinajstić information content (AvgIpc) is 1.97. The summed E-state index contributed by atoms with van der Waals surface area (Å²) in [6, 6.07) is 0. The first-order valence-corrected chi connectivity index (χ1v) is 4.15. The van der Waals surface area contributed by atoms with Gasteiger partial charge in [-0.15, -0.1) is 24.8 Å². The van der Waals surface area contributed by atoms with E-state index < -0.39 is 0 Å². The maximum Gasteiger partial charge on any atom is 0.320 e. The van der Waals surface area contributed by atoms with Crippen molar-refractivity contribution in [1.82, 2.24) is 4.72 Å². The predicted molar refractivity (Wildman–Crippen MR) is 56.0 cm³/mol. The zero-order valence-corrected chi connectivity index (χ0v) is 9.19. The third-order valence-electron chi connectivity index (χ3n) is 0.742. The van der Waals surface area contributed by atoms with Crippen molar-refractivity contribution in [2.45, 2.75) is 0 Å². The predicted octanol–water partition coefficient (Wildman–Crippen LogP) is 0.200. The third kappa shape index (κ3) is 12.9. The van der Waals surface area contributed by atoms with Crippen LogP contribution in [0.4, 0.5) is 0 Å². The summed E-state index contributed by atoms with van der Waals surface area (Å²) in [7, 11) is 0. The van der Waals surface area contributed by atoms with E-state index in [1.165, 1.54) is 11.9 Å². The van der Waals surface area contributed by atoms with Crippen molar-refractivity contribution in [3.8, 4) is 0 Å². The first kappa shape index (κ1) is 18.2. The molecule has 0 heterocycles. The molecule has 0 spiro atoms. The van der Waals surface area contributed by atoms with E-state index >= 15 is 0 Å². The summed E-state index contributed by atoms with van der Waals surface area (Å²) < 4.78 is 7.41. The maximum absolute atomic E-state index is 10.6. The Balaban J connectivity index is -0.000000405. The van der Waals surface area contributed by atoms with Gasteiger partial charge in [0.05, 0.1) is 0 Å². The molecule has 12 heavy (non-hydrogen) atoms. The fraction of sp³-hybridized carbons (Fsp3) is 0.800. The molecule has 7 heteroatoms. The summed E-state index contributed by atoms with van der Waals surface area (Å²) in [5.41, 5.74) is 5.10. The van der Waals surface area contributed by atoms with Crippen LogP contribution in [0.2, 0.25) is 0 Å². The van der Waals surface area contributed by atoms with E-state index in [0.29, 0.717) is 13.2 Å². The van der Waals surface area contributed by atoms with E-state index in [4.69, 9.17) is 5.73 Å². The van der Waals surface area contributed by atoms with Crippen LogP contribution in [-0.4, -0.2) is 31.9 Å². The fourth-order valence-corrected chi connectivity index (χ4v) is 0.617. The summed E-state index contributed by atoms with van der Waals surface area (Å²) in [5, 5.41) is 0. The van der Waals surface area contributed by atoms with Crippen molar-refractivity contribution in [2.75, 3.05) is 26.0 Å². The molecule has 0 amide bonds. The SMILES string of the molecule is CSNCC(=O)OCCN.Cl.Cl. The number of esters is 1. The molecule has 3 N–H and O–H groups in total. The van der Waals surface area contributed by atoms with E-state index in [2.05, 4.69) is 9.46 Å². The van der Waals surface area contributed by atoms with E-state index in [0.717, 1.165) is 0 Å². The van der Waals surface area contributed by atoms with Gasteiger partial charge in [0, 0.05) is 6.54 Å². The molecule has 0 unspecified atom stereocenters. The molecule has 76 valence electrons. The monoisotopic (exact) mass is 236 g/mol. The van der Waals surface area contributed by atoms with Gasteiger partial charge in [-0.1, -0.05) is 11.9 Å². The normalized spacial score (nSPS) is 7.83. The highest BCUT2D eigenvalue weighted by Gasteiger charge is 1.98. The first-order valence-electron chi connectivity index (χ1n) is 2.92. The molecule has 0 atom stereocenters. The molecule has 0 aromatic rings. The highest BCUT2D eigenvalue weighted by molar-refractivity contribution is 7.96.